The lowest BCUT2D eigenvalue weighted by molar-refractivity contribution is -0.130. The molecule has 2 saturated heterocycles. The van der Waals surface area contributed by atoms with Crippen LogP contribution in [0.25, 0.3) is 0 Å². The van der Waals surface area contributed by atoms with Crippen LogP contribution in [0.15, 0.2) is 0 Å². The first-order valence-corrected chi connectivity index (χ1v) is 9.20. The van der Waals surface area contributed by atoms with Crippen molar-refractivity contribution in [2.75, 3.05) is 32.6 Å². The zero-order valence-electron chi connectivity index (χ0n) is 12.4. The number of hydrogen-bond acceptors (Lipinski definition) is 5. The molecular formula is C13H24N2O5S. The molecule has 2 rings (SSSR count). The maximum Gasteiger partial charge on any atom is 0.238 e. The molecule has 2 aliphatic heterocycles. The number of sulfonamides is 1. The van der Waals surface area contributed by atoms with Crippen molar-refractivity contribution in [3.05, 3.63) is 0 Å². The van der Waals surface area contributed by atoms with Gasteiger partial charge < -0.3 is 15.2 Å². The highest BCUT2D eigenvalue weighted by atomic mass is 32.2. The third kappa shape index (κ3) is 3.94. The van der Waals surface area contributed by atoms with Gasteiger partial charge in [0.15, 0.2) is 0 Å². The molecule has 1 amide bonds. The number of rotatable bonds is 4. The highest BCUT2D eigenvalue weighted by Gasteiger charge is 2.39. The molecule has 1 unspecified atom stereocenters. The van der Waals surface area contributed by atoms with Crippen LogP contribution in [0, 0.1) is 0 Å². The Bertz CT molecular complexity index is 473. The number of aliphatic hydroxyl groups excluding tert-OH is 1. The minimum absolute atomic E-state index is 0.159. The number of piperidine rings is 1. The third-order valence-corrected chi connectivity index (χ3v) is 5.61. The second-order valence-electron chi connectivity index (χ2n) is 5.93. The zero-order valence-corrected chi connectivity index (χ0v) is 13.2. The van der Waals surface area contributed by atoms with Crippen LogP contribution in [0.4, 0.5) is 0 Å². The summed E-state index contributed by atoms with van der Waals surface area (Å²) in [4.78, 5) is 12.5. The van der Waals surface area contributed by atoms with E-state index in [2.05, 4.69) is 5.32 Å². The fourth-order valence-corrected chi connectivity index (χ4v) is 4.12. The summed E-state index contributed by atoms with van der Waals surface area (Å²) < 4.78 is 30.2. The Hall–Kier alpha value is -0.700. The molecule has 8 heteroatoms. The molecule has 0 aliphatic carbocycles. The van der Waals surface area contributed by atoms with Gasteiger partial charge in [0.2, 0.25) is 15.9 Å². The summed E-state index contributed by atoms with van der Waals surface area (Å²) in [6, 6.07) is -0.667. The highest BCUT2D eigenvalue weighted by molar-refractivity contribution is 7.88. The molecule has 0 radical (unpaired) electrons. The Balaban J connectivity index is 2.10. The lowest BCUT2D eigenvalue weighted by atomic mass is 9.90. The summed E-state index contributed by atoms with van der Waals surface area (Å²) in [7, 11) is -3.40. The molecule has 0 spiro atoms. The maximum absolute atomic E-state index is 12.5. The van der Waals surface area contributed by atoms with Gasteiger partial charge in [-0.25, -0.2) is 8.42 Å². The average molecular weight is 320 g/mol. The van der Waals surface area contributed by atoms with Crippen LogP contribution in [-0.2, 0) is 19.6 Å². The Kier molecular flexibility index (Phi) is 5.24. The number of hydrogen-bond donors (Lipinski definition) is 2. The van der Waals surface area contributed by atoms with Crippen molar-refractivity contribution >= 4 is 15.9 Å². The summed E-state index contributed by atoms with van der Waals surface area (Å²) in [5, 5.41) is 12.5. The van der Waals surface area contributed by atoms with Gasteiger partial charge in [0.1, 0.15) is 6.04 Å². The fraction of sp³-hybridized carbons (Fsp3) is 0.923. The van der Waals surface area contributed by atoms with Crippen LogP contribution in [0.2, 0.25) is 0 Å². The van der Waals surface area contributed by atoms with E-state index in [0.717, 1.165) is 19.1 Å². The molecule has 0 aromatic rings. The number of nitrogens with one attached hydrogen (secondary N) is 1. The normalized spacial score (nSPS) is 27.2. The Morgan fingerprint density at radius 2 is 2.05 bits per heavy atom. The number of amides is 1. The van der Waals surface area contributed by atoms with Crippen molar-refractivity contribution in [3.63, 3.8) is 0 Å². The zero-order chi connectivity index (χ0) is 15.5. The van der Waals surface area contributed by atoms with Crippen LogP contribution in [0.5, 0.6) is 0 Å². The molecule has 0 aromatic carbocycles. The second kappa shape index (κ2) is 6.60. The Morgan fingerprint density at radius 1 is 1.38 bits per heavy atom. The van der Waals surface area contributed by atoms with E-state index in [1.165, 1.54) is 4.31 Å². The monoisotopic (exact) mass is 320 g/mol. The van der Waals surface area contributed by atoms with E-state index >= 15 is 0 Å². The average Bonchev–Trinajstić information content (AvgIpc) is 2.47. The summed E-state index contributed by atoms with van der Waals surface area (Å²) in [5.41, 5.74) is -0.685. The van der Waals surface area contributed by atoms with Gasteiger partial charge in [-0.3, -0.25) is 4.79 Å². The van der Waals surface area contributed by atoms with Crippen LogP contribution in [0.3, 0.4) is 0 Å². The highest BCUT2D eigenvalue weighted by Crippen LogP contribution is 2.24. The molecule has 2 aliphatic rings. The molecule has 7 nitrogen and oxygen atoms in total. The maximum atomic E-state index is 12.5. The molecule has 0 bridgehead atoms. The van der Waals surface area contributed by atoms with Gasteiger partial charge in [0.25, 0.3) is 0 Å². The topological polar surface area (TPSA) is 95.9 Å². The molecule has 2 fully saturated rings. The standard InChI is InChI=1S/C13H24N2O5S/c1-21(18,19)15-7-3-2-4-11(15)12(17)14-13(10-16)5-8-20-9-6-13/h11,16H,2-10H2,1H3,(H,14,17). The van der Waals surface area contributed by atoms with Gasteiger partial charge >= 0.3 is 0 Å². The largest absolute Gasteiger partial charge is 0.394 e. The predicted octanol–water partition coefficient (Wildman–Crippen LogP) is -0.542. The lowest BCUT2D eigenvalue weighted by Gasteiger charge is -2.39. The molecule has 1 atom stereocenters. The molecule has 2 N–H and O–H groups in total. The smallest absolute Gasteiger partial charge is 0.238 e. The second-order valence-corrected chi connectivity index (χ2v) is 7.86. The third-order valence-electron chi connectivity index (χ3n) is 4.32. The quantitative estimate of drug-likeness (QED) is 0.725. The minimum atomic E-state index is -3.40. The van der Waals surface area contributed by atoms with Crippen molar-refractivity contribution < 1.29 is 23.1 Å². The van der Waals surface area contributed by atoms with E-state index in [4.69, 9.17) is 4.74 Å². The van der Waals surface area contributed by atoms with E-state index in [0.29, 0.717) is 39.0 Å². The van der Waals surface area contributed by atoms with E-state index in [9.17, 15) is 18.3 Å². The molecule has 2 heterocycles. The summed E-state index contributed by atoms with van der Waals surface area (Å²) in [6.45, 7) is 1.20. The molecule has 0 saturated carbocycles. The van der Waals surface area contributed by atoms with Crippen molar-refractivity contribution in [2.24, 2.45) is 0 Å². The number of ether oxygens (including phenoxy) is 1. The van der Waals surface area contributed by atoms with Gasteiger partial charge in [-0.2, -0.15) is 4.31 Å². The van der Waals surface area contributed by atoms with Crippen LogP contribution in [-0.4, -0.2) is 67.9 Å². The van der Waals surface area contributed by atoms with Gasteiger partial charge in [-0.05, 0) is 25.7 Å². The molecule has 122 valence electrons. The number of carbonyl (C=O) groups excluding carboxylic acids is 1. The number of aliphatic hydroxyl groups is 1. The minimum Gasteiger partial charge on any atom is -0.394 e. The van der Waals surface area contributed by atoms with Crippen molar-refractivity contribution in [3.8, 4) is 0 Å². The van der Waals surface area contributed by atoms with Crippen molar-refractivity contribution in [1.29, 1.82) is 0 Å². The number of carbonyl (C=O) groups is 1. The van der Waals surface area contributed by atoms with E-state index in [1.54, 1.807) is 0 Å². The Labute approximate surface area is 125 Å². The van der Waals surface area contributed by atoms with Gasteiger partial charge in [0, 0.05) is 19.8 Å². The van der Waals surface area contributed by atoms with Crippen LogP contribution in [0.1, 0.15) is 32.1 Å². The first kappa shape index (κ1) is 16.7. The van der Waals surface area contributed by atoms with Crippen LogP contribution < -0.4 is 5.32 Å². The molecule has 0 aromatic heterocycles. The SMILES string of the molecule is CS(=O)(=O)N1CCCCC1C(=O)NC1(CO)CCOCC1. The predicted molar refractivity (Wildman–Crippen MR) is 77.2 cm³/mol. The van der Waals surface area contributed by atoms with E-state index in [-0.39, 0.29) is 12.5 Å². The first-order chi connectivity index (χ1) is 9.88. The lowest BCUT2D eigenvalue weighted by Crippen LogP contribution is -2.60. The van der Waals surface area contributed by atoms with E-state index in [1.807, 2.05) is 0 Å². The molecular weight excluding hydrogens is 296 g/mol. The van der Waals surface area contributed by atoms with Crippen molar-refractivity contribution in [1.82, 2.24) is 9.62 Å². The van der Waals surface area contributed by atoms with E-state index < -0.39 is 21.6 Å². The Morgan fingerprint density at radius 3 is 2.62 bits per heavy atom. The van der Waals surface area contributed by atoms with Gasteiger partial charge in [-0.1, -0.05) is 6.42 Å². The number of nitrogens with zero attached hydrogens (tertiary/aromatic N) is 1. The summed E-state index contributed by atoms with van der Waals surface area (Å²) in [5.74, 6) is -0.309. The fourth-order valence-electron chi connectivity index (χ4n) is 2.99. The summed E-state index contributed by atoms with van der Waals surface area (Å²) in [6.07, 6.45) is 4.35. The van der Waals surface area contributed by atoms with Crippen molar-refractivity contribution in [2.45, 2.75) is 43.7 Å². The molecule has 21 heavy (non-hydrogen) atoms. The van der Waals surface area contributed by atoms with Gasteiger partial charge in [0.05, 0.1) is 18.4 Å². The van der Waals surface area contributed by atoms with Gasteiger partial charge in [-0.15, -0.1) is 0 Å². The first-order valence-electron chi connectivity index (χ1n) is 7.35. The van der Waals surface area contributed by atoms with Crippen LogP contribution >= 0.6 is 0 Å². The summed E-state index contributed by atoms with van der Waals surface area (Å²) >= 11 is 0.